The summed E-state index contributed by atoms with van der Waals surface area (Å²) in [6.07, 6.45) is 0.290. The molecule has 0 unspecified atom stereocenters. The summed E-state index contributed by atoms with van der Waals surface area (Å²) in [5.74, 6) is 0.787. The summed E-state index contributed by atoms with van der Waals surface area (Å²) in [7, 11) is 0. The van der Waals surface area contributed by atoms with Gasteiger partial charge in [0, 0.05) is 12.2 Å². The number of imidazole rings is 1. The minimum absolute atomic E-state index is 0.225. The minimum atomic E-state index is -0.225. The van der Waals surface area contributed by atoms with E-state index >= 15 is 0 Å². The molecule has 0 fully saturated rings. The lowest BCUT2D eigenvalue weighted by Crippen LogP contribution is -2.11. The Labute approximate surface area is 116 Å². The van der Waals surface area contributed by atoms with E-state index in [1.54, 1.807) is 6.92 Å². The average molecular weight is 282 g/mol. The number of rotatable bonds is 5. The third-order valence-corrected chi connectivity index (χ3v) is 3.01. The van der Waals surface area contributed by atoms with Crippen molar-refractivity contribution in [2.75, 3.05) is 6.61 Å². The van der Waals surface area contributed by atoms with E-state index < -0.39 is 0 Å². The molecular weight excluding hydrogens is 266 g/mol. The second-order valence-electron chi connectivity index (χ2n) is 4.16. The van der Waals surface area contributed by atoms with Crippen LogP contribution in [0.4, 0.5) is 0 Å². The molecule has 0 saturated carbocycles. The van der Waals surface area contributed by atoms with Gasteiger partial charge in [-0.1, -0.05) is 0 Å². The molecule has 0 radical (unpaired) electrons. The Bertz CT molecular complexity index is 595. The number of fused-ring (bicyclic) bond motifs is 1. The van der Waals surface area contributed by atoms with E-state index in [0.717, 1.165) is 22.7 Å². The van der Waals surface area contributed by atoms with Gasteiger partial charge in [0.25, 0.3) is 0 Å². The van der Waals surface area contributed by atoms with Gasteiger partial charge in [0.15, 0.2) is 5.65 Å². The van der Waals surface area contributed by atoms with Gasteiger partial charge in [-0.2, -0.15) is 0 Å². The Kier molecular flexibility index (Phi) is 4.37. The molecule has 0 aliphatic rings. The monoisotopic (exact) mass is 281 g/mol. The molecule has 19 heavy (non-hydrogen) atoms. The Balaban J connectivity index is 2.29. The number of hydrogen-bond donors (Lipinski definition) is 0. The topological polar surface area (TPSA) is 57.0 Å². The van der Waals surface area contributed by atoms with E-state index in [9.17, 15) is 4.79 Å². The van der Waals surface area contributed by atoms with E-state index in [4.69, 9.17) is 16.3 Å². The van der Waals surface area contributed by atoms with Crippen LogP contribution in [0, 0.1) is 6.92 Å². The maximum absolute atomic E-state index is 11.4. The molecule has 2 aromatic heterocycles. The quantitative estimate of drug-likeness (QED) is 0.624. The first-order chi connectivity index (χ1) is 9.15. The first kappa shape index (κ1) is 13.8. The summed E-state index contributed by atoms with van der Waals surface area (Å²) in [4.78, 5) is 20.3. The van der Waals surface area contributed by atoms with Gasteiger partial charge in [0.1, 0.15) is 11.3 Å². The molecule has 0 amide bonds. The number of esters is 1. The predicted octanol–water partition coefficient (Wildman–Crippen LogP) is 2.43. The summed E-state index contributed by atoms with van der Waals surface area (Å²) in [5, 5.41) is 0. The van der Waals surface area contributed by atoms with E-state index in [2.05, 4.69) is 9.97 Å². The normalized spacial score (nSPS) is 10.9. The molecule has 2 rings (SSSR count). The number of aromatic nitrogens is 3. The summed E-state index contributed by atoms with van der Waals surface area (Å²) in [6, 6.07) is 3.82. The van der Waals surface area contributed by atoms with E-state index in [1.807, 2.05) is 23.6 Å². The molecule has 5 nitrogen and oxygen atoms in total. The second kappa shape index (κ2) is 6.02. The van der Waals surface area contributed by atoms with Crippen molar-refractivity contribution in [3.63, 3.8) is 0 Å². The van der Waals surface area contributed by atoms with Crippen LogP contribution in [0.2, 0.25) is 0 Å². The fourth-order valence-electron chi connectivity index (χ4n) is 1.92. The molecule has 0 atom stereocenters. The zero-order valence-corrected chi connectivity index (χ0v) is 11.8. The Hall–Kier alpha value is -1.62. The molecule has 6 heteroatoms. The second-order valence-corrected chi connectivity index (χ2v) is 4.43. The molecule has 0 N–H and O–H groups in total. The summed E-state index contributed by atoms with van der Waals surface area (Å²) >= 11 is 5.89. The van der Waals surface area contributed by atoms with Gasteiger partial charge in [-0.05, 0) is 26.0 Å². The smallest absolute Gasteiger partial charge is 0.307 e. The molecule has 2 aromatic rings. The number of pyridine rings is 1. The number of aryl methyl sites for hydroxylation is 2. The molecule has 0 aromatic carbocycles. The van der Waals surface area contributed by atoms with Crippen molar-refractivity contribution >= 4 is 28.7 Å². The first-order valence-corrected chi connectivity index (χ1v) is 6.73. The third kappa shape index (κ3) is 3.04. The Morgan fingerprint density at radius 2 is 2.21 bits per heavy atom. The van der Waals surface area contributed by atoms with Crippen molar-refractivity contribution in [2.24, 2.45) is 0 Å². The minimum Gasteiger partial charge on any atom is -0.466 e. The number of nitrogens with zero attached hydrogens (tertiary/aromatic N) is 3. The fourth-order valence-corrected chi connectivity index (χ4v) is 2.12. The molecule has 0 aliphatic carbocycles. The molecule has 102 valence electrons. The van der Waals surface area contributed by atoms with Crippen LogP contribution in [0.3, 0.4) is 0 Å². The number of alkyl halides is 1. The van der Waals surface area contributed by atoms with Crippen LogP contribution in [-0.4, -0.2) is 27.1 Å². The molecular formula is C13H16ClN3O2. The standard InChI is InChI=1S/C13H16ClN3O2/c1-3-19-12(18)6-7-17-11(8-14)16-10-5-4-9(2)15-13(10)17/h4-5H,3,6-8H2,1-2H3. The summed E-state index contributed by atoms with van der Waals surface area (Å²) < 4.78 is 6.80. The van der Waals surface area contributed by atoms with Crippen molar-refractivity contribution in [3.8, 4) is 0 Å². The zero-order chi connectivity index (χ0) is 13.8. The SMILES string of the molecule is CCOC(=O)CCn1c(CCl)nc2ccc(C)nc21. The Morgan fingerprint density at radius 3 is 2.89 bits per heavy atom. The highest BCUT2D eigenvalue weighted by Gasteiger charge is 2.13. The van der Waals surface area contributed by atoms with Gasteiger partial charge >= 0.3 is 5.97 Å². The summed E-state index contributed by atoms with van der Waals surface area (Å²) in [5.41, 5.74) is 2.47. The van der Waals surface area contributed by atoms with Crippen LogP contribution in [0.5, 0.6) is 0 Å². The summed E-state index contributed by atoms with van der Waals surface area (Å²) in [6.45, 7) is 4.58. The largest absolute Gasteiger partial charge is 0.466 e. The zero-order valence-electron chi connectivity index (χ0n) is 11.0. The van der Waals surface area contributed by atoms with E-state index in [1.165, 1.54) is 0 Å². The van der Waals surface area contributed by atoms with Gasteiger partial charge < -0.3 is 9.30 Å². The van der Waals surface area contributed by atoms with Crippen LogP contribution < -0.4 is 0 Å². The molecule has 0 bridgehead atoms. The third-order valence-electron chi connectivity index (χ3n) is 2.77. The first-order valence-electron chi connectivity index (χ1n) is 6.20. The molecule has 0 spiro atoms. The highest BCUT2D eigenvalue weighted by atomic mass is 35.5. The number of halogens is 1. The van der Waals surface area contributed by atoms with Gasteiger partial charge in [-0.25, -0.2) is 9.97 Å². The van der Waals surface area contributed by atoms with Crippen molar-refractivity contribution in [3.05, 3.63) is 23.7 Å². The molecule has 2 heterocycles. The van der Waals surface area contributed by atoms with Gasteiger partial charge in [0.05, 0.1) is 18.9 Å². The lowest BCUT2D eigenvalue weighted by atomic mass is 10.3. The highest BCUT2D eigenvalue weighted by Crippen LogP contribution is 2.17. The lowest BCUT2D eigenvalue weighted by molar-refractivity contribution is -0.143. The van der Waals surface area contributed by atoms with Crippen LogP contribution in [0.25, 0.3) is 11.2 Å². The van der Waals surface area contributed by atoms with E-state index in [0.29, 0.717) is 19.6 Å². The van der Waals surface area contributed by atoms with Crippen LogP contribution >= 0.6 is 11.6 Å². The van der Waals surface area contributed by atoms with Gasteiger partial charge in [-0.15, -0.1) is 11.6 Å². The van der Waals surface area contributed by atoms with Crippen LogP contribution in [0.1, 0.15) is 24.9 Å². The van der Waals surface area contributed by atoms with Crippen molar-refractivity contribution in [2.45, 2.75) is 32.7 Å². The fraction of sp³-hybridized carbons (Fsp3) is 0.462. The van der Waals surface area contributed by atoms with E-state index in [-0.39, 0.29) is 11.8 Å². The lowest BCUT2D eigenvalue weighted by Gasteiger charge is -2.07. The number of hydrogen-bond acceptors (Lipinski definition) is 4. The maximum Gasteiger partial charge on any atom is 0.307 e. The van der Waals surface area contributed by atoms with Crippen molar-refractivity contribution < 1.29 is 9.53 Å². The molecule has 0 aliphatic heterocycles. The van der Waals surface area contributed by atoms with Gasteiger partial charge in [-0.3, -0.25) is 4.79 Å². The number of carbonyl (C=O) groups is 1. The Morgan fingerprint density at radius 1 is 1.42 bits per heavy atom. The molecule has 0 saturated heterocycles. The van der Waals surface area contributed by atoms with Crippen LogP contribution in [0.15, 0.2) is 12.1 Å². The maximum atomic E-state index is 11.4. The average Bonchev–Trinajstić information content (AvgIpc) is 2.74. The van der Waals surface area contributed by atoms with Crippen molar-refractivity contribution in [1.29, 1.82) is 0 Å². The predicted molar refractivity (Wildman–Crippen MR) is 73.1 cm³/mol. The van der Waals surface area contributed by atoms with Crippen molar-refractivity contribution in [1.82, 2.24) is 14.5 Å². The highest BCUT2D eigenvalue weighted by molar-refractivity contribution is 6.16. The van der Waals surface area contributed by atoms with Gasteiger partial charge in [0.2, 0.25) is 0 Å². The number of carbonyl (C=O) groups excluding carboxylic acids is 1. The van der Waals surface area contributed by atoms with Crippen LogP contribution in [-0.2, 0) is 22.0 Å². The number of ether oxygens (including phenoxy) is 1.